The molecule has 1 amide bonds. The van der Waals surface area contributed by atoms with Gasteiger partial charge >= 0.3 is 0 Å². The molecule has 1 heterocycles. The second-order valence-corrected chi connectivity index (χ2v) is 9.87. The average Bonchev–Trinajstić information content (AvgIpc) is 3.54. The summed E-state index contributed by atoms with van der Waals surface area (Å²) >= 11 is 0. The molecule has 0 bridgehead atoms. The number of hydrogen-bond donors (Lipinski definition) is 1. The fourth-order valence-electron chi connectivity index (χ4n) is 3.99. The number of ether oxygens (including phenoxy) is 2. The maximum absolute atomic E-state index is 12.8. The lowest BCUT2D eigenvalue weighted by Crippen LogP contribution is -2.30. The van der Waals surface area contributed by atoms with Gasteiger partial charge in [0.25, 0.3) is 0 Å². The van der Waals surface area contributed by atoms with Crippen LogP contribution in [0.5, 0.6) is 11.5 Å². The van der Waals surface area contributed by atoms with E-state index < -0.39 is 10.0 Å². The first-order valence-electron chi connectivity index (χ1n) is 11.3. The Labute approximate surface area is 189 Å². The van der Waals surface area contributed by atoms with E-state index in [1.165, 1.54) is 0 Å². The molecule has 0 aromatic heterocycles. The van der Waals surface area contributed by atoms with Crippen LogP contribution in [-0.4, -0.2) is 40.6 Å². The highest BCUT2D eigenvalue weighted by molar-refractivity contribution is 7.89. The highest BCUT2D eigenvalue weighted by atomic mass is 32.2. The molecule has 0 unspecified atom stereocenters. The van der Waals surface area contributed by atoms with Crippen molar-refractivity contribution in [2.45, 2.75) is 44.4 Å². The molecule has 0 atom stereocenters. The Morgan fingerprint density at radius 3 is 2.53 bits per heavy atom. The van der Waals surface area contributed by atoms with Crippen LogP contribution in [0.1, 0.15) is 37.8 Å². The molecule has 1 aliphatic carbocycles. The molecule has 0 radical (unpaired) electrons. The number of anilines is 1. The summed E-state index contributed by atoms with van der Waals surface area (Å²) in [6.07, 6.45) is 3.13. The van der Waals surface area contributed by atoms with Crippen LogP contribution in [0.4, 0.5) is 5.69 Å². The summed E-state index contributed by atoms with van der Waals surface area (Å²) in [5.41, 5.74) is 2.72. The van der Waals surface area contributed by atoms with Gasteiger partial charge < -0.3 is 14.4 Å². The van der Waals surface area contributed by atoms with E-state index in [-0.39, 0.29) is 23.3 Å². The first kappa shape index (κ1) is 22.6. The molecule has 2 aromatic rings. The first-order chi connectivity index (χ1) is 15.4. The third-order valence-corrected chi connectivity index (χ3v) is 7.22. The summed E-state index contributed by atoms with van der Waals surface area (Å²) in [6.45, 7) is 5.80. The molecule has 172 valence electrons. The van der Waals surface area contributed by atoms with E-state index in [2.05, 4.69) is 4.72 Å². The highest BCUT2D eigenvalue weighted by Gasteiger charge is 2.36. The standard InChI is InChI=1S/C24H30N2O5S/c1-3-30-22-10-5-17(15-23(22)31-4-2)11-13-25-32(28,29)20-8-9-21-19(16-20)12-14-26(21)24(27)18-6-7-18/h5,8-10,15-16,18,25H,3-4,6-7,11-14H2,1-2H3. The monoisotopic (exact) mass is 458 g/mol. The summed E-state index contributed by atoms with van der Waals surface area (Å²) in [5, 5.41) is 0. The fraction of sp³-hybridized carbons (Fsp3) is 0.458. The van der Waals surface area contributed by atoms with E-state index in [1.54, 1.807) is 23.1 Å². The number of fused-ring (bicyclic) bond motifs is 1. The number of carbonyl (C=O) groups is 1. The van der Waals surface area contributed by atoms with Crippen LogP contribution < -0.4 is 19.1 Å². The summed E-state index contributed by atoms with van der Waals surface area (Å²) in [4.78, 5) is 14.5. The van der Waals surface area contributed by atoms with Gasteiger partial charge in [0.2, 0.25) is 15.9 Å². The van der Waals surface area contributed by atoms with Crippen LogP contribution in [0, 0.1) is 5.92 Å². The minimum Gasteiger partial charge on any atom is -0.490 e. The molecule has 1 fully saturated rings. The summed E-state index contributed by atoms with van der Waals surface area (Å²) in [6, 6.07) is 10.7. The van der Waals surface area contributed by atoms with Gasteiger partial charge in [0.1, 0.15) is 0 Å². The topological polar surface area (TPSA) is 84.9 Å². The van der Waals surface area contributed by atoms with Crippen molar-refractivity contribution in [3.05, 3.63) is 47.5 Å². The number of nitrogens with one attached hydrogen (secondary N) is 1. The van der Waals surface area contributed by atoms with Crippen molar-refractivity contribution in [2.24, 2.45) is 5.92 Å². The Morgan fingerprint density at radius 2 is 1.81 bits per heavy atom. The molecule has 1 saturated carbocycles. The van der Waals surface area contributed by atoms with Crippen LogP contribution in [0.25, 0.3) is 0 Å². The van der Waals surface area contributed by atoms with Gasteiger partial charge in [-0.15, -0.1) is 0 Å². The second kappa shape index (κ2) is 9.50. The molecular weight excluding hydrogens is 428 g/mol. The number of hydrogen-bond acceptors (Lipinski definition) is 5. The zero-order valence-electron chi connectivity index (χ0n) is 18.6. The van der Waals surface area contributed by atoms with Gasteiger partial charge in [-0.1, -0.05) is 6.07 Å². The van der Waals surface area contributed by atoms with E-state index in [0.29, 0.717) is 44.1 Å². The molecular formula is C24H30N2O5S. The van der Waals surface area contributed by atoms with Gasteiger partial charge in [-0.2, -0.15) is 0 Å². The van der Waals surface area contributed by atoms with E-state index in [4.69, 9.17) is 9.47 Å². The Balaban J connectivity index is 1.40. The van der Waals surface area contributed by atoms with Gasteiger partial charge in [-0.05, 0) is 81.0 Å². The molecule has 2 aromatic carbocycles. The normalized spacial score (nSPS) is 15.5. The van der Waals surface area contributed by atoms with Crippen LogP contribution in [0.15, 0.2) is 41.3 Å². The van der Waals surface area contributed by atoms with Crippen LogP contribution >= 0.6 is 0 Å². The van der Waals surface area contributed by atoms with Crippen LogP contribution in [-0.2, 0) is 27.7 Å². The molecule has 2 aliphatic rings. The van der Waals surface area contributed by atoms with Crippen LogP contribution in [0.3, 0.4) is 0 Å². The van der Waals surface area contributed by atoms with E-state index in [1.807, 2.05) is 32.0 Å². The average molecular weight is 459 g/mol. The maximum Gasteiger partial charge on any atom is 0.240 e. The largest absolute Gasteiger partial charge is 0.490 e. The molecule has 1 aliphatic heterocycles. The van der Waals surface area contributed by atoms with Crippen molar-refractivity contribution in [1.82, 2.24) is 4.72 Å². The van der Waals surface area contributed by atoms with E-state index in [0.717, 1.165) is 29.7 Å². The third-order valence-electron chi connectivity index (χ3n) is 5.76. The van der Waals surface area contributed by atoms with E-state index in [9.17, 15) is 13.2 Å². The van der Waals surface area contributed by atoms with Crippen molar-refractivity contribution in [3.8, 4) is 11.5 Å². The Hall–Kier alpha value is -2.58. The minimum absolute atomic E-state index is 0.150. The van der Waals surface area contributed by atoms with Crippen molar-refractivity contribution < 1.29 is 22.7 Å². The molecule has 0 spiro atoms. The Bertz CT molecular complexity index is 1100. The molecule has 8 heteroatoms. The van der Waals surface area contributed by atoms with Gasteiger partial charge in [0.15, 0.2) is 11.5 Å². The molecule has 32 heavy (non-hydrogen) atoms. The predicted octanol–water partition coefficient (Wildman–Crippen LogP) is 3.30. The highest BCUT2D eigenvalue weighted by Crippen LogP contribution is 2.37. The summed E-state index contributed by atoms with van der Waals surface area (Å²) < 4.78 is 39.6. The van der Waals surface area contributed by atoms with Crippen molar-refractivity contribution >= 4 is 21.6 Å². The lowest BCUT2D eigenvalue weighted by molar-refractivity contribution is -0.119. The maximum atomic E-state index is 12.8. The first-order valence-corrected chi connectivity index (χ1v) is 12.7. The molecule has 4 rings (SSSR count). The van der Waals surface area contributed by atoms with E-state index >= 15 is 0 Å². The van der Waals surface area contributed by atoms with Gasteiger partial charge in [0.05, 0.1) is 18.1 Å². The van der Waals surface area contributed by atoms with Gasteiger partial charge in [-0.25, -0.2) is 13.1 Å². The quantitative estimate of drug-likeness (QED) is 0.591. The fourth-order valence-corrected chi connectivity index (χ4v) is 5.07. The Morgan fingerprint density at radius 1 is 1.06 bits per heavy atom. The minimum atomic E-state index is -3.64. The van der Waals surface area contributed by atoms with Crippen molar-refractivity contribution in [3.63, 3.8) is 0 Å². The Kier molecular flexibility index (Phi) is 6.71. The second-order valence-electron chi connectivity index (χ2n) is 8.10. The number of rotatable bonds is 10. The lowest BCUT2D eigenvalue weighted by Gasteiger charge is -2.17. The smallest absolute Gasteiger partial charge is 0.240 e. The number of carbonyl (C=O) groups excluding carboxylic acids is 1. The zero-order chi connectivity index (χ0) is 22.7. The predicted molar refractivity (Wildman–Crippen MR) is 123 cm³/mol. The number of amides is 1. The SMILES string of the molecule is CCOc1ccc(CCNS(=O)(=O)c2ccc3c(c2)CCN3C(=O)C2CC2)cc1OCC. The lowest BCUT2D eigenvalue weighted by atomic mass is 10.1. The van der Waals surface area contributed by atoms with Gasteiger partial charge in [0, 0.05) is 24.7 Å². The van der Waals surface area contributed by atoms with Gasteiger partial charge in [-0.3, -0.25) is 4.79 Å². The van der Waals surface area contributed by atoms with Crippen LogP contribution in [0.2, 0.25) is 0 Å². The number of sulfonamides is 1. The zero-order valence-corrected chi connectivity index (χ0v) is 19.4. The van der Waals surface area contributed by atoms with Crippen molar-refractivity contribution in [1.29, 1.82) is 0 Å². The molecule has 0 saturated heterocycles. The molecule has 7 nitrogen and oxygen atoms in total. The third kappa shape index (κ3) is 4.91. The molecule has 1 N–H and O–H groups in total. The summed E-state index contributed by atoms with van der Waals surface area (Å²) in [7, 11) is -3.64. The number of nitrogens with zero attached hydrogens (tertiary/aromatic N) is 1. The number of benzene rings is 2. The van der Waals surface area contributed by atoms with Crippen molar-refractivity contribution in [2.75, 3.05) is 31.2 Å². The summed E-state index contributed by atoms with van der Waals surface area (Å²) in [5.74, 6) is 1.67.